The second-order valence-corrected chi connectivity index (χ2v) is 19.2. The van der Waals surface area contributed by atoms with Crippen molar-refractivity contribution in [2.24, 2.45) is 11.8 Å². The van der Waals surface area contributed by atoms with Gasteiger partial charge < -0.3 is 60.6 Å². The number of hydrogen-bond acceptors (Lipinski definition) is 15. The van der Waals surface area contributed by atoms with Gasteiger partial charge >= 0.3 is 23.9 Å². The van der Waals surface area contributed by atoms with E-state index in [0.717, 1.165) is 77.0 Å². The van der Waals surface area contributed by atoms with Crippen molar-refractivity contribution >= 4 is 64.9 Å². The Bertz CT molecular complexity index is 1750. The van der Waals surface area contributed by atoms with Gasteiger partial charge in [0.05, 0.1) is 39.0 Å². The molecule has 0 rings (SSSR count). The quantitative estimate of drug-likeness (QED) is 0.0367. The lowest BCUT2D eigenvalue weighted by molar-refractivity contribution is -0.145. The molecule has 0 saturated heterocycles. The third kappa shape index (κ3) is 43.3. The molecule has 0 bridgehead atoms. The average molecular weight is 1100 g/mol. The van der Waals surface area contributed by atoms with E-state index in [0.29, 0.717) is 38.6 Å². The highest BCUT2D eigenvalue weighted by atomic mass is 16.5. The van der Waals surface area contributed by atoms with E-state index in [-0.39, 0.29) is 140 Å². The minimum atomic E-state index is -1.38. The van der Waals surface area contributed by atoms with Crippen molar-refractivity contribution < 1.29 is 92.1 Å². The van der Waals surface area contributed by atoms with Crippen molar-refractivity contribution in [2.45, 2.75) is 199 Å². The predicted molar refractivity (Wildman–Crippen MR) is 282 cm³/mol. The molecule has 23 heteroatoms. The first-order chi connectivity index (χ1) is 36.9. The van der Waals surface area contributed by atoms with Gasteiger partial charge in [0, 0.05) is 77.0 Å². The van der Waals surface area contributed by atoms with Gasteiger partial charge in [0.25, 0.3) is 0 Å². The number of carbonyl (C=O) groups excluding carboxylic acids is 7. The molecule has 77 heavy (non-hydrogen) atoms. The van der Waals surface area contributed by atoms with Gasteiger partial charge in [0.1, 0.15) is 36.9 Å². The zero-order valence-corrected chi connectivity index (χ0v) is 45.9. The van der Waals surface area contributed by atoms with Gasteiger partial charge in [-0.3, -0.25) is 43.2 Å². The molecule has 0 aromatic heterocycles. The number of ether oxygens (including phenoxy) is 4. The molecule has 0 fully saturated rings. The van der Waals surface area contributed by atoms with Crippen LogP contribution in [0.15, 0.2) is 0 Å². The van der Waals surface area contributed by atoms with Crippen molar-refractivity contribution in [1.82, 2.24) is 21.3 Å². The third-order valence-electron chi connectivity index (χ3n) is 12.5. The van der Waals surface area contributed by atoms with E-state index in [9.17, 15) is 68.1 Å². The summed E-state index contributed by atoms with van der Waals surface area (Å²) < 4.78 is 21.4. The number of carboxylic acids is 4. The minimum absolute atomic E-state index is 0.0000457. The normalized spacial score (nSPS) is 12.6. The van der Waals surface area contributed by atoms with Crippen LogP contribution in [-0.4, -0.2) is 163 Å². The minimum Gasteiger partial charge on any atom is -0.481 e. The van der Waals surface area contributed by atoms with Crippen LogP contribution in [0.5, 0.6) is 0 Å². The molecule has 23 nitrogen and oxygen atoms in total. The van der Waals surface area contributed by atoms with E-state index >= 15 is 0 Å². The van der Waals surface area contributed by atoms with Crippen molar-refractivity contribution in [3.05, 3.63) is 0 Å². The number of rotatable bonds is 55. The van der Waals surface area contributed by atoms with Crippen LogP contribution < -0.4 is 21.3 Å². The van der Waals surface area contributed by atoms with Gasteiger partial charge in [-0.25, -0.2) is 9.59 Å². The Morgan fingerprint density at radius 3 is 1.48 bits per heavy atom. The number of aliphatic carboxylic acids is 4. The highest BCUT2D eigenvalue weighted by Gasteiger charge is 2.26. The number of ketones is 3. The second kappa shape index (κ2) is 47.8. The van der Waals surface area contributed by atoms with E-state index in [1.54, 1.807) is 0 Å². The van der Waals surface area contributed by atoms with Crippen LogP contribution in [0.1, 0.15) is 187 Å². The summed E-state index contributed by atoms with van der Waals surface area (Å²) in [6.45, 7) is 4.54. The van der Waals surface area contributed by atoms with Crippen LogP contribution in [0.3, 0.4) is 0 Å². The van der Waals surface area contributed by atoms with Gasteiger partial charge in [0.15, 0.2) is 5.78 Å². The zero-order valence-electron chi connectivity index (χ0n) is 45.9. The van der Waals surface area contributed by atoms with Crippen LogP contribution in [0.4, 0.5) is 0 Å². The monoisotopic (exact) mass is 1100 g/mol. The molecule has 0 aromatic carbocycles. The van der Waals surface area contributed by atoms with Crippen LogP contribution in [0, 0.1) is 11.8 Å². The molecule has 8 N–H and O–H groups in total. The predicted octanol–water partition coefficient (Wildman–Crippen LogP) is 5.11. The Balaban J connectivity index is 4.03. The van der Waals surface area contributed by atoms with Gasteiger partial charge in [-0.1, -0.05) is 78.1 Å². The van der Waals surface area contributed by atoms with Crippen molar-refractivity contribution in [3.8, 4) is 0 Å². The molecule has 0 heterocycles. The molecule has 0 aliphatic carbocycles. The maximum atomic E-state index is 12.5. The van der Waals surface area contributed by atoms with Crippen LogP contribution in [-0.2, 0) is 71.7 Å². The lowest BCUT2D eigenvalue weighted by Crippen LogP contribution is -2.42. The maximum Gasteiger partial charge on any atom is 0.326 e. The molecule has 0 radical (unpaired) electrons. The first kappa shape index (κ1) is 71.6. The fourth-order valence-electron chi connectivity index (χ4n) is 8.09. The number of carbonyl (C=O) groups is 11. The fraction of sp³-hybridized carbons (Fsp3) is 0.796. The van der Waals surface area contributed by atoms with E-state index in [4.69, 9.17) is 24.1 Å². The molecule has 1 unspecified atom stereocenters. The molecule has 0 spiro atoms. The van der Waals surface area contributed by atoms with Gasteiger partial charge in [-0.2, -0.15) is 0 Å². The molecule has 0 aliphatic heterocycles. The maximum absolute atomic E-state index is 12.5. The van der Waals surface area contributed by atoms with E-state index in [1.807, 2.05) is 13.8 Å². The Hall–Kier alpha value is -5.39. The van der Waals surface area contributed by atoms with Crippen LogP contribution in [0.25, 0.3) is 0 Å². The summed E-state index contributed by atoms with van der Waals surface area (Å²) in [6.07, 6.45) is 13.6. The Kier molecular flexibility index (Phi) is 44.4. The molecule has 442 valence electrons. The number of unbranched alkanes of at least 4 members (excludes halogenated alkanes) is 10. The van der Waals surface area contributed by atoms with E-state index in [1.165, 1.54) is 0 Å². The van der Waals surface area contributed by atoms with Crippen molar-refractivity contribution in [3.63, 3.8) is 0 Å². The number of Topliss-reactive ketones (excluding diaryl/α,β-unsaturated/α-hetero) is 3. The summed E-state index contributed by atoms with van der Waals surface area (Å²) in [5.41, 5.74) is 0. The number of carboxylic acid groups (broad SMARTS) is 4. The Labute approximate surface area is 454 Å². The summed E-state index contributed by atoms with van der Waals surface area (Å²) in [4.78, 5) is 132. The molecule has 4 amide bonds. The SMILES string of the molecule is CCC[C@@H](CCCCNC(=O)CC[C@H](NC(=O)CCC(CC(=O)COCCOCCNC(=O)COCCOCCCC(=O)CC[C@H](NC(=O)CCCCCCCCCCCCC(=O)O)C(=O)O)C(=O)O)C(=O)O)C(=O)CC. The number of hydrogen-bond donors (Lipinski definition) is 8. The van der Waals surface area contributed by atoms with Gasteiger partial charge in [-0.05, 0) is 57.8 Å². The highest BCUT2D eigenvalue weighted by Crippen LogP contribution is 2.18. The molecule has 0 aromatic rings. The van der Waals surface area contributed by atoms with E-state index < -0.39 is 72.5 Å². The van der Waals surface area contributed by atoms with Gasteiger partial charge in [-0.15, -0.1) is 0 Å². The summed E-state index contributed by atoms with van der Waals surface area (Å²) >= 11 is 0. The van der Waals surface area contributed by atoms with Gasteiger partial charge in [0.2, 0.25) is 23.6 Å². The molecular formula is C54H92N4O19. The largest absolute Gasteiger partial charge is 0.481 e. The summed E-state index contributed by atoms with van der Waals surface area (Å²) in [5, 5.41) is 47.6. The lowest BCUT2D eigenvalue weighted by Gasteiger charge is -2.16. The summed E-state index contributed by atoms with van der Waals surface area (Å²) in [5.74, 6) is -8.13. The molecule has 4 atom stereocenters. The number of nitrogens with one attached hydrogen (secondary N) is 4. The average Bonchev–Trinajstić information content (AvgIpc) is 3.38. The van der Waals surface area contributed by atoms with Crippen molar-refractivity contribution in [1.29, 1.82) is 0 Å². The summed E-state index contributed by atoms with van der Waals surface area (Å²) in [6, 6.07) is -2.52. The molecule has 0 saturated carbocycles. The second-order valence-electron chi connectivity index (χ2n) is 19.2. The highest BCUT2D eigenvalue weighted by molar-refractivity contribution is 5.87. The summed E-state index contributed by atoms with van der Waals surface area (Å²) in [7, 11) is 0. The lowest BCUT2D eigenvalue weighted by atomic mass is 9.91. The van der Waals surface area contributed by atoms with E-state index in [2.05, 4.69) is 21.3 Å². The standard InChI is InChI=1S/C54H92N4O19/c1-3-18-40(46(61)4-2)19-15-16-29-55-47(62)28-26-45(54(72)73)58-49(64)27-23-41(52(68)69)37-43(60)38-76-35-34-75-32-30-56-50(65)39-77-36-33-74-31-17-20-42(59)24-25-44(53(70)71)57-48(63)21-13-11-9-7-5-6-8-10-12-14-22-51(66)67/h40-41,44-45H,3-39H2,1-2H3,(H,55,62)(H,56,65)(H,57,63)(H,58,64)(H,66,67)(H,68,69)(H,70,71)(H,72,73)/t40-,41?,44-,45-/m0/s1. The number of amides is 4. The van der Waals surface area contributed by atoms with Crippen molar-refractivity contribution in [2.75, 3.05) is 65.9 Å². The van der Waals surface area contributed by atoms with Crippen LogP contribution in [0.2, 0.25) is 0 Å². The van der Waals surface area contributed by atoms with Crippen LogP contribution >= 0.6 is 0 Å². The third-order valence-corrected chi connectivity index (χ3v) is 12.5. The zero-order chi connectivity index (χ0) is 57.5. The Morgan fingerprint density at radius 1 is 0.390 bits per heavy atom. The molecule has 0 aliphatic rings. The Morgan fingerprint density at radius 2 is 0.909 bits per heavy atom. The topological polar surface area (TPSA) is 354 Å². The first-order valence-corrected chi connectivity index (χ1v) is 27.8. The first-order valence-electron chi connectivity index (χ1n) is 27.8. The molecular weight excluding hydrogens is 1010 g/mol. The fourth-order valence-corrected chi connectivity index (χ4v) is 8.09. The smallest absolute Gasteiger partial charge is 0.326 e.